The van der Waals surface area contributed by atoms with Crippen molar-refractivity contribution in [3.05, 3.63) is 0 Å². The van der Waals surface area contributed by atoms with Crippen LogP contribution in [-0.4, -0.2) is 61.0 Å². The number of likely N-dealkylation sites (tertiary alicyclic amines) is 1. The molecule has 1 amide bonds. The quantitative estimate of drug-likeness (QED) is 0.805. The molecule has 4 nitrogen and oxygen atoms in total. The van der Waals surface area contributed by atoms with Gasteiger partial charge in [0.2, 0.25) is 5.91 Å². The van der Waals surface area contributed by atoms with Gasteiger partial charge < -0.3 is 10.2 Å². The lowest BCUT2D eigenvalue weighted by Crippen LogP contribution is -2.47. The van der Waals surface area contributed by atoms with Gasteiger partial charge in [0.1, 0.15) is 0 Å². The first-order valence-electron chi connectivity index (χ1n) is 8.42. The van der Waals surface area contributed by atoms with Gasteiger partial charge in [0.05, 0.1) is 6.54 Å². The molecule has 0 aliphatic carbocycles. The van der Waals surface area contributed by atoms with Crippen molar-refractivity contribution < 1.29 is 4.79 Å². The van der Waals surface area contributed by atoms with Gasteiger partial charge in [-0.3, -0.25) is 9.69 Å². The predicted octanol–water partition coefficient (Wildman–Crippen LogP) is 1.71. The smallest absolute Gasteiger partial charge is 0.236 e. The minimum atomic E-state index is 0.336. The largest absolute Gasteiger partial charge is 0.341 e. The predicted molar refractivity (Wildman–Crippen MR) is 82.7 cm³/mol. The summed E-state index contributed by atoms with van der Waals surface area (Å²) < 4.78 is 0. The van der Waals surface area contributed by atoms with Gasteiger partial charge in [-0.2, -0.15) is 0 Å². The zero-order chi connectivity index (χ0) is 14.4. The van der Waals surface area contributed by atoms with Crippen LogP contribution in [0.1, 0.15) is 46.0 Å². The number of nitrogens with zero attached hydrogens (tertiary/aromatic N) is 2. The minimum Gasteiger partial charge on any atom is -0.341 e. The Kier molecular flexibility index (Phi) is 6.30. The fourth-order valence-corrected chi connectivity index (χ4v) is 3.48. The molecule has 0 aromatic carbocycles. The van der Waals surface area contributed by atoms with Crippen LogP contribution in [0.25, 0.3) is 0 Å². The molecule has 2 heterocycles. The third-order valence-electron chi connectivity index (χ3n) is 4.55. The molecule has 2 fully saturated rings. The van der Waals surface area contributed by atoms with Crippen LogP contribution in [0.4, 0.5) is 0 Å². The highest BCUT2D eigenvalue weighted by Gasteiger charge is 2.24. The van der Waals surface area contributed by atoms with E-state index in [-0.39, 0.29) is 0 Å². The molecular weight excluding hydrogens is 250 g/mol. The Bertz CT molecular complexity index is 302. The zero-order valence-corrected chi connectivity index (χ0v) is 13.2. The first-order valence-corrected chi connectivity index (χ1v) is 8.42. The number of piperidine rings is 1. The van der Waals surface area contributed by atoms with Crippen LogP contribution in [0.2, 0.25) is 0 Å². The highest BCUT2D eigenvalue weighted by atomic mass is 16.2. The SMILES string of the molecule is CCCN(CC(=O)N1CCCC(C)C1)CC1CCCN1. The summed E-state index contributed by atoms with van der Waals surface area (Å²) in [5, 5.41) is 3.54. The second-order valence-corrected chi connectivity index (χ2v) is 6.62. The zero-order valence-electron chi connectivity index (χ0n) is 13.2. The number of amides is 1. The summed E-state index contributed by atoms with van der Waals surface area (Å²) in [6, 6.07) is 0.592. The first-order chi connectivity index (χ1) is 9.69. The minimum absolute atomic E-state index is 0.336. The average molecular weight is 281 g/mol. The molecule has 4 heteroatoms. The highest BCUT2D eigenvalue weighted by molar-refractivity contribution is 5.78. The number of nitrogens with one attached hydrogen (secondary N) is 1. The van der Waals surface area contributed by atoms with Crippen molar-refractivity contribution in [2.75, 3.05) is 39.3 Å². The first kappa shape index (κ1) is 15.8. The monoisotopic (exact) mass is 281 g/mol. The van der Waals surface area contributed by atoms with Gasteiger partial charge >= 0.3 is 0 Å². The molecule has 0 bridgehead atoms. The Morgan fingerprint density at radius 2 is 2.20 bits per heavy atom. The van der Waals surface area contributed by atoms with Crippen LogP contribution in [0.3, 0.4) is 0 Å². The van der Waals surface area contributed by atoms with Crippen LogP contribution < -0.4 is 5.32 Å². The van der Waals surface area contributed by atoms with Gasteiger partial charge in [-0.1, -0.05) is 13.8 Å². The fraction of sp³-hybridized carbons (Fsp3) is 0.938. The molecule has 0 saturated carbocycles. The lowest BCUT2D eigenvalue weighted by molar-refractivity contribution is -0.134. The topological polar surface area (TPSA) is 35.6 Å². The summed E-state index contributed by atoms with van der Waals surface area (Å²) in [4.78, 5) is 16.9. The standard InChI is InChI=1S/C16H31N3O/c1-3-9-18(12-15-7-4-8-17-15)13-16(20)19-10-5-6-14(2)11-19/h14-15,17H,3-13H2,1-2H3. The summed E-state index contributed by atoms with van der Waals surface area (Å²) in [5.41, 5.74) is 0. The van der Waals surface area contributed by atoms with E-state index in [1.54, 1.807) is 0 Å². The van der Waals surface area contributed by atoms with E-state index in [1.807, 2.05) is 0 Å². The van der Waals surface area contributed by atoms with E-state index in [0.717, 1.165) is 39.1 Å². The highest BCUT2D eigenvalue weighted by Crippen LogP contribution is 2.16. The molecule has 2 aliphatic heterocycles. The molecule has 2 atom stereocenters. The maximum atomic E-state index is 12.5. The molecule has 116 valence electrons. The van der Waals surface area contributed by atoms with E-state index in [4.69, 9.17) is 0 Å². The van der Waals surface area contributed by atoms with Crippen LogP contribution in [0.15, 0.2) is 0 Å². The number of hydrogen-bond donors (Lipinski definition) is 1. The lowest BCUT2D eigenvalue weighted by Gasteiger charge is -2.33. The Morgan fingerprint density at radius 1 is 1.35 bits per heavy atom. The fourth-order valence-electron chi connectivity index (χ4n) is 3.48. The molecule has 2 aliphatic rings. The Hall–Kier alpha value is -0.610. The van der Waals surface area contributed by atoms with Crippen molar-refractivity contribution in [2.24, 2.45) is 5.92 Å². The third kappa shape index (κ3) is 4.74. The normalized spacial score (nSPS) is 27.2. The summed E-state index contributed by atoms with van der Waals surface area (Å²) >= 11 is 0. The van der Waals surface area contributed by atoms with Crippen molar-refractivity contribution in [3.8, 4) is 0 Å². The van der Waals surface area contributed by atoms with Crippen molar-refractivity contribution in [1.29, 1.82) is 0 Å². The van der Waals surface area contributed by atoms with E-state index >= 15 is 0 Å². The average Bonchev–Trinajstić information content (AvgIpc) is 2.92. The second-order valence-electron chi connectivity index (χ2n) is 6.62. The van der Waals surface area contributed by atoms with Gasteiger partial charge in [-0.25, -0.2) is 0 Å². The molecule has 0 aromatic rings. The summed E-state index contributed by atoms with van der Waals surface area (Å²) in [6.45, 7) is 10.2. The lowest BCUT2D eigenvalue weighted by atomic mass is 10.0. The Labute approximate surface area is 123 Å². The molecule has 1 N–H and O–H groups in total. The van der Waals surface area contributed by atoms with E-state index in [0.29, 0.717) is 24.4 Å². The molecule has 2 rings (SSSR count). The van der Waals surface area contributed by atoms with E-state index < -0.39 is 0 Å². The number of hydrogen-bond acceptors (Lipinski definition) is 3. The summed E-state index contributed by atoms with van der Waals surface area (Å²) in [7, 11) is 0. The van der Waals surface area contributed by atoms with Gasteiger partial charge in [0.15, 0.2) is 0 Å². The Morgan fingerprint density at radius 3 is 2.85 bits per heavy atom. The van der Waals surface area contributed by atoms with Crippen molar-refractivity contribution >= 4 is 5.91 Å². The molecule has 20 heavy (non-hydrogen) atoms. The van der Waals surface area contributed by atoms with Crippen LogP contribution >= 0.6 is 0 Å². The summed E-state index contributed by atoms with van der Waals surface area (Å²) in [5.74, 6) is 1.01. The maximum Gasteiger partial charge on any atom is 0.236 e. The van der Waals surface area contributed by atoms with Crippen molar-refractivity contribution in [2.45, 2.75) is 52.0 Å². The van der Waals surface area contributed by atoms with Gasteiger partial charge in [-0.15, -0.1) is 0 Å². The van der Waals surface area contributed by atoms with Gasteiger partial charge in [0.25, 0.3) is 0 Å². The molecule has 0 radical (unpaired) electrons. The molecule has 0 aromatic heterocycles. The van der Waals surface area contributed by atoms with E-state index in [1.165, 1.54) is 25.7 Å². The van der Waals surface area contributed by atoms with Gasteiger partial charge in [0, 0.05) is 25.7 Å². The second kappa shape index (κ2) is 7.99. The van der Waals surface area contributed by atoms with Crippen LogP contribution in [0, 0.1) is 5.92 Å². The molecule has 0 spiro atoms. The molecular formula is C16H31N3O. The molecule has 2 unspecified atom stereocenters. The number of rotatable bonds is 6. The van der Waals surface area contributed by atoms with Crippen LogP contribution in [-0.2, 0) is 4.79 Å². The summed E-state index contributed by atoms with van der Waals surface area (Å²) in [6.07, 6.45) is 6.10. The number of carbonyl (C=O) groups is 1. The van der Waals surface area contributed by atoms with Crippen molar-refractivity contribution in [3.63, 3.8) is 0 Å². The molecule has 2 saturated heterocycles. The van der Waals surface area contributed by atoms with Crippen LogP contribution in [0.5, 0.6) is 0 Å². The van der Waals surface area contributed by atoms with E-state index in [2.05, 4.69) is 29.0 Å². The van der Waals surface area contributed by atoms with Crippen molar-refractivity contribution in [1.82, 2.24) is 15.1 Å². The third-order valence-corrected chi connectivity index (χ3v) is 4.55. The maximum absolute atomic E-state index is 12.5. The van der Waals surface area contributed by atoms with E-state index in [9.17, 15) is 4.79 Å². The number of carbonyl (C=O) groups excluding carboxylic acids is 1. The Balaban J connectivity index is 1.81. The van der Waals surface area contributed by atoms with Gasteiger partial charge in [-0.05, 0) is 51.1 Å².